The van der Waals surface area contributed by atoms with Crippen LogP contribution in [0.2, 0.25) is 0 Å². The molecule has 1 N–H and O–H groups in total. The molecule has 0 saturated heterocycles. The SMILES string of the molecule is Cc1cc(-c2cccnc2)nn1CCNC(=O)/C=C/c1cc(F)ccc1F. The molecule has 0 unspecified atom stereocenters. The van der Waals surface area contributed by atoms with Gasteiger partial charge in [-0.3, -0.25) is 14.5 Å². The summed E-state index contributed by atoms with van der Waals surface area (Å²) in [5.74, 6) is -1.54. The lowest BCUT2D eigenvalue weighted by atomic mass is 10.2. The van der Waals surface area contributed by atoms with E-state index >= 15 is 0 Å². The summed E-state index contributed by atoms with van der Waals surface area (Å²) >= 11 is 0. The van der Waals surface area contributed by atoms with Crippen molar-refractivity contribution in [2.45, 2.75) is 13.5 Å². The largest absolute Gasteiger partial charge is 0.351 e. The van der Waals surface area contributed by atoms with Crippen molar-refractivity contribution in [2.75, 3.05) is 6.54 Å². The summed E-state index contributed by atoms with van der Waals surface area (Å²) < 4.78 is 28.4. The number of pyridine rings is 1. The van der Waals surface area contributed by atoms with Crippen molar-refractivity contribution in [2.24, 2.45) is 0 Å². The zero-order valence-corrected chi connectivity index (χ0v) is 14.7. The molecule has 0 aliphatic heterocycles. The molecular formula is C20H18F2N4O. The lowest BCUT2D eigenvalue weighted by Gasteiger charge is -2.05. The van der Waals surface area contributed by atoms with Crippen LogP contribution in [0.25, 0.3) is 17.3 Å². The molecule has 2 aromatic heterocycles. The monoisotopic (exact) mass is 368 g/mol. The van der Waals surface area contributed by atoms with Gasteiger partial charge in [-0.05, 0) is 49.4 Å². The van der Waals surface area contributed by atoms with E-state index < -0.39 is 17.5 Å². The fourth-order valence-corrected chi connectivity index (χ4v) is 2.54. The van der Waals surface area contributed by atoms with Crippen LogP contribution in [0.1, 0.15) is 11.3 Å². The van der Waals surface area contributed by atoms with Gasteiger partial charge in [0.25, 0.3) is 0 Å². The molecule has 0 spiro atoms. The van der Waals surface area contributed by atoms with E-state index in [0.29, 0.717) is 13.1 Å². The van der Waals surface area contributed by atoms with E-state index in [1.54, 1.807) is 17.1 Å². The first-order valence-corrected chi connectivity index (χ1v) is 8.39. The van der Waals surface area contributed by atoms with Crippen molar-refractivity contribution in [3.8, 4) is 11.3 Å². The number of aromatic nitrogens is 3. The molecule has 7 heteroatoms. The van der Waals surface area contributed by atoms with Gasteiger partial charge >= 0.3 is 0 Å². The number of amides is 1. The maximum absolute atomic E-state index is 13.5. The topological polar surface area (TPSA) is 59.8 Å². The van der Waals surface area contributed by atoms with Crippen molar-refractivity contribution in [1.82, 2.24) is 20.1 Å². The first kappa shape index (κ1) is 18.4. The molecule has 0 saturated carbocycles. The molecular weight excluding hydrogens is 350 g/mol. The Bertz CT molecular complexity index is 967. The molecule has 0 radical (unpaired) electrons. The molecule has 2 heterocycles. The highest BCUT2D eigenvalue weighted by molar-refractivity contribution is 5.91. The Morgan fingerprint density at radius 2 is 2.11 bits per heavy atom. The Morgan fingerprint density at radius 1 is 1.26 bits per heavy atom. The van der Waals surface area contributed by atoms with Crippen LogP contribution in [-0.4, -0.2) is 27.2 Å². The summed E-state index contributed by atoms with van der Waals surface area (Å²) in [7, 11) is 0. The zero-order valence-electron chi connectivity index (χ0n) is 14.7. The standard InChI is InChI=1S/C20H18F2N4O/c1-14-11-19(16-3-2-8-23-13-16)25-26(14)10-9-24-20(27)7-4-15-12-17(21)5-6-18(15)22/h2-8,11-13H,9-10H2,1H3,(H,24,27)/b7-4+. The van der Waals surface area contributed by atoms with Gasteiger partial charge in [0.05, 0.1) is 12.2 Å². The van der Waals surface area contributed by atoms with Crippen LogP contribution in [0.3, 0.4) is 0 Å². The van der Waals surface area contributed by atoms with Crippen molar-refractivity contribution in [1.29, 1.82) is 0 Å². The minimum Gasteiger partial charge on any atom is -0.351 e. The first-order chi connectivity index (χ1) is 13.0. The summed E-state index contributed by atoms with van der Waals surface area (Å²) in [5.41, 5.74) is 2.71. The number of carbonyl (C=O) groups excluding carboxylic acids is 1. The molecule has 5 nitrogen and oxygen atoms in total. The summed E-state index contributed by atoms with van der Waals surface area (Å²) in [6.07, 6.45) is 5.86. The maximum atomic E-state index is 13.5. The Balaban J connectivity index is 1.55. The van der Waals surface area contributed by atoms with Crippen LogP contribution in [0, 0.1) is 18.6 Å². The average molecular weight is 368 g/mol. The van der Waals surface area contributed by atoms with E-state index in [0.717, 1.165) is 35.2 Å². The van der Waals surface area contributed by atoms with E-state index in [-0.39, 0.29) is 5.56 Å². The number of hydrogen-bond donors (Lipinski definition) is 1. The van der Waals surface area contributed by atoms with Gasteiger partial charge in [-0.25, -0.2) is 8.78 Å². The molecule has 0 fully saturated rings. The number of nitrogens with zero attached hydrogens (tertiary/aromatic N) is 3. The van der Waals surface area contributed by atoms with Gasteiger partial charge < -0.3 is 5.32 Å². The Hall–Kier alpha value is -3.35. The van der Waals surface area contributed by atoms with Crippen LogP contribution >= 0.6 is 0 Å². The van der Waals surface area contributed by atoms with Crippen molar-refractivity contribution >= 4 is 12.0 Å². The third-order valence-electron chi connectivity index (χ3n) is 3.93. The zero-order chi connectivity index (χ0) is 19.2. The number of rotatable bonds is 6. The van der Waals surface area contributed by atoms with Crippen LogP contribution in [0.15, 0.2) is 54.9 Å². The quantitative estimate of drug-likeness (QED) is 0.679. The second kappa shape index (κ2) is 8.35. The third kappa shape index (κ3) is 4.84. The van der Waals surface area contributed by atoms with Gasteiger partial charge in [0, 0.05) is 41.8 Å². The van der Waals surface area contributed by atoms with Crippen molar-refractivity contribution in [3.05, 3.63) is 77.8 Å². The van der Waals surface area contributed by atoms with E-state index in [9.17, 15) is 13.6 Å². The molecule has 0 aliphatic carbocycles. The number of carbonyl (C=O) groups is 1. The molecule has 27 heavy (non-hydrogen) atoms. The second-order valence-electron chi connectivity index (χ2n) is 5.93. The average Bonchev–Trinajstić information content (AvgIpc) is 3.04. The first-order valence-electron chi connectivity index (χ1n) is 8.39. The molecule has 0 aliphatic rings. The smallest absolute Gasteiger partial charge is 0.244 e. The summed E-state index contributed by atoms with van der Waals surface area (Å²) in [6.45, 7) is 2.77. The van der Waals surface area contributed by atoms with Gasteiger partial charge in [0.15, 0.2) is 0 Å². The molecule has 0 atom stereocenters. The van der Waals surface area contributed by atoms with E-state index in [1.807, 2.05) is 25.1 Å². The summed E-state index contributed by atoms with van der Waals surface area (Å²) in [4.78, 5) is 15.9. The van der Waals surface area contributed by atoms with Crippen LogP contribution in [-0.2, 0) is 11.3 Å². The fourth-order valence-electron chi connectivity index (χ4n) is 2.54. The number of hydrogen-bond acceptors (Lipinski definition) is 3. The summed E-state index contributed by atoms with van der Waals surface area (Å²) in [6, 6.07) is 8.80. The van der Waals surface area contributed by atoms with E-state index in [2.05, 4.69) is 15.4 Å². The molecule has 1 amide bonds. The van der Waals surface area contributed by atoms with Crippen LogP contribution in [0.5, 0.6) is 0 Å². The Morgan fingerprint density at radius 3 is 2.89 bits per heavy atom. The predicted octanol–water partition coefficient (Wildman–Crippen LogP) is 3.36. The number of halogens is 2. The van der Waals surface area contributed by atoms with Crippen molar-refractivity contribution in [3.63, 3.8) is 0 Å². The molecule has 0 bridgehead atoms. The van der Waals surface area contributed by atoms with Gasteiger partial charge in [-0.2, -0.15) is 5.10 Å². The number of benzene rings is 1. The highest BCUT2D eigenvalue weighted by atomic mass is 19.1. The Labute approximate surface area is 155 Å². The second-order valence-corrected chi connectivity index (χ2v) is 5.93. The maximum Gasteiger partial charge on any atom is 0.244 e. The highest BCUT2D eigenvalue weighted by Gasteiger charge is 2.07. The molecule has 3 rings (SSSR count). The highest BCUT2D eigenvalue weighted by Crippen LogP contribution is 2.17. The van der Waals surface area contributed by atoms with Crippen LogP contribution in [0.4, 0.5) is 8.78 Å². The lowest BCUT2D eigenvalue weighted by molar-refractivity contribution is -0.116. The number of aryl methyl sites for hydroxylation is 1. The molecule has 3 aromatic rings. The third-order valence-corrected chi connectivity index (χ3v) is 3.93. The lowest BCUT2D eigenvalue weighted by Crippen LogP contribution is -2.26. The van der Waals surface area contributed by atoms with Crippen LogP contribution < -0.4 is 5.32 Å². The minimum absolute atomic E-state index is 0.0224. The Kier molecular flexibility index (Phi) is 5.71. The fraction of sp³-hybridized carbons (Fsp3) is 0.150. The van der Waals surface area contributed by atoms with Gasteiger partial charge in [0.1, 0.15) is 11.6 Å². The van der Waals surface area contributed by atoms with E-state index in [4.69, 9.17) is 0 Å². The van der Waals surface area contributed by atoms with Gasteiger partial charge in [-0.15, -0.1) is 0 Å². The summed E-state index contributed by atoms with van der Waals surface area (Å²) in [5, 5.41) is 7.20. The predicted molar refractivity (Wildman–Crippen MR) is 98.6 cm³/mol. The minimum atomic E-state index is -0.587. The molecule has 138 valence electrons. The normalized spacial score (nSPS) is 11.1. The van der Waals surface area contributed by atoms with E-state index in [1.165, 1.54) is 12.2 Å². The van der Waals surface area contributed by atoms with Crippen molar-refractivity contribution < 1.29 is 13.6 Å². The number of nitrogens with one attached hydrogen (secondary N) is 1. The molecule has 1 aromatic carbocycles. The van der Waals surface area contributed by atoms with Gasteiger partial charge in [-0.1, -0.05) is 0 Å². The van der Waals surface area contributed by atoms with Gasteiger partial charge in [0.2, 0.25) is 5.91 Å².